The summed E-state index contributed by atoms with van der Waals surface area (Å²) in [5.41, 5.74) is 0. The third-order valence-electron chi connectivity index (χ3n) is 3.81. The molecule has 0 aromatic carbocycles. The first-order valence-electron chi connectivity index (χ1n) is 6.31. The number of aromatic nitrogens is 1. The van der Waals surface area contributed by atoms with Crippen LogP contribution in [0.1, 0.15) is 36.7 Å². The molecule has 88 valence electrons. The van der Waals surface area contributed by atoms with Crippen LogP contribution >= 0.6 is 11.3 Å². The van der Waals surface area contributed by atoms with Crippen LogP contribution < -0.4 is 5.32 Å². The van der Waals surface area contributed by atoms with Crippen LogP contribution in [-0.4, -0.2) is 35.6 Å². The van der Waals surface area contributed by atoms with Crippen molar-refractivity contribution < 1.29 is 0 Å². The maximum atomic E-state index is 4.50. The zero-order valence-corrected chi connectivity index (χ0v) is 10.4. The predicted octanol–water partition coefficient (Wildman–Crippen LogP) is 2.03. The number of hydrogen-bond donors (Lipinski definition) is 1. The number of thiazole rings is 1. The van der Waals surface area contributed by atoms with Crippen LogP contribution in [0.25, 0.3) is 0 Å². The molecular weight excluding hydrogens is 218 g/mol. The molecule has 1 aromatic heterocycles. The molecule has 2 saturated heterocycles. The summed E-state index contributed by atoms with van der Waals surface area (Å²) in [6.45, 7) is 3.65. The Morgan fingerprint density at radius 1 is 1.31 bits per heavy atom. The summed E-state index contributed by atoms with van der Waals surface area (Å²) in [5.74, 6) is 0. The zero-order valence-electron chi connectivity index (χ0n) is 9.56. The number of piperidine rings is 1. The van der Waals surface area contributed by atoms with Gasteiger partial charge in [-0.15, -0.1) is 11.3 Å². The molecule has 2 fully saturated rings. The Labute approximate surface area is 101 Å². The van der Waals surface area contributed by atoms with Crippen molar-refractivity contribution in [3.8, 4) is 0 Å². The van der Waals surface area contributed by atoms with E-state index in [2.05, 4.69) is 20.6 Å². The van der Waals surface area contributed by atoms with Gasteiger partial charge in [0.15, 0.2) is 0 Å². The molecule has 2 aliphatic heterocycles. The molecule has 3 heterocycles. The molecule has 0 radical (unpaired) electrons. The summed E-state index contributed by atoms with van der Waals surface area (Å²) in [6.07, 6.45) is 7.20. The topological polar surface area (TPSA) is 28.2 Å². The van der Waals surface area contributed by atoms with E-state index >= 15 is 0 Å². The Kier molecular flexibility index (Phi) is 3.22. The first kappa shape index (κ1) is 10.7. The highest BCUT2D eigenvalue weighted by molar-refractivity contribution is 7.09. The van der Waals surface area contributed by atoms with Crippen LogP contribution in [0.2, 0.25) is 0 Å². The van der Waals surface area contributed by atoms with Crippen LogP contribution in [0.5, 0.6) is 0 Å². The number of likely N-dealkylation sites (tertiary alicyclic amines) is 1. The van der Waals surface area contributed by atoms with E-state index in [-0.39, 0.29) is 0 Å². The third-order valence-corrected chi connectivity index (χ3v) is 4.69. The van der Waals surface area contributed by atoms with Gasteiger partial charge in [-0.1, -0.05) is 0 Å². The Morgan fingerprint density at radius 2 is 2.19 bits per heavy atom. The second kappa shape index (κ2) is 4.82. The lowest BCUT2D eigenvalue weighted by molar-refractivity contribution is 0.148. The quantitative estimate of drug-likeness (QED) is 0.853. The van der Waals surface area contributed by atoms with Gasteiger partial charge in [-0.25, -0.2) is 4.98 Å². The van der Waals surface area contributed by atoms with Gasteiger partial charge in [0.1, 0.15) is 5.01 Å². The van der Waals surface area contributed by atoms with Gasteiger partial charge in [-0.3, -0.25) is 4.90 Å². The second-order valence-corrected chi connectivity index (χ2v) is 5.67. The smallest absolute Gasteiger partial charge is 0.110 e. The highest BCUT2D eigenvalue weighted by Gasteiger charge is 2.33. The molecule has 0 saturated carbocycles. The minimum absolute atomic E-state index is 0.614. The molecule has 2 aliphatic rings. The Balaban J connectivity index is 1.73. The summed E-state index contributed by atoms with van der Waals surface area (Å²) < 4.78 is 0. The number of nitrogens with one attached hydrogen (secondary N) is 1. The maximum absolute atomic E-state index is 4.50. The molecule has 3 nitrogen and oxygen atoms in total. The minimum atomic E-state index is 0.614. The Bertz CT molecular complexity index is 319. The fourth-order valence-electron chi connectivity index (χ4n) is 3.03. The van der Waals surface area contributed by atoms with E-state index in [1.807, 2.05) is 17.5 Å². The van der Waals surface area contributed by atoms with Gasteiger partial charge in [0, 0.05) is 17.6 Å². The molecular formula is C12H19N3S. The van der Waals surface area contributed by atoms with Gasteiger partial charge in [0.25, 0.3) is 0 Å². The van der Waals surface area contributed by atoms with E-state index in [9.17, 15) is 0 Å². The van der Waals surface area contributed by atoms with Gasteiger partial charge in [-0.2, -0.15) is 0 Å². The standard InChI is InChI=1S/C12H19N3S/c1-2-11(12-14-7-9-16-12)15(8-1)10-3-5-13-6-4-10/h7,9-11,13H,1-6,8H2/t11-/m1/s1. The summed E-state index contributed by atoms with van der Waals surface area (Å²) in [4.78, 5) is 7.21. The molecule has 4 heteroatoms. The highest BCUT2D eigenvalue weighted by Crippen LogP contribution is 2.36. The monoisotopic (exact) mass is 237 g/mol. The molecule has 0 bridgehead atoms. The molecule has 1 aromatic rings. The average molecular weight is 237 g/mol. The van der Waals surface area contributed by atoms with E-state index < -0.39 is 0 Å². The summed E-state index contributed by atoms with van der Waals surface area (Å²) in [6, 6.07) is 1.40. The van der Waals surface area contributed by atoms with Crippen molar-refractivity contribution in [2.24, 2.45) is 0 Å². The number of rotatable bonds is 2. The molecule has 0 aliphatic carbocycles. The van der Waals surface area contributed by atoms with Crippen molar-refractivity contribution in [1.82, 2.24) is 15.2 Å². The van der Waals surface area contributed by atoms with Gasteiger partial charge < -0.3 is 5.32 Å². The SMILES string of the molecule is c1csc([C@H]2CCCN2C2CCNCC2)n1. The molecule has 16 heavy (non-hydrogen) atoms. The lowest BCUT2D eigenvalue weighted by atomic mass is 10.0. The van der Waals surface area contributed by atoms with Crippen molar-refractivity contribution in [2.75, 3.05) is 19.6 Å². The van der Waals surface area contributed by atoms with Gasteiger partial charge in [0.2, 0.25) is 0 Å². The average Bonchev–Trinajstić information content (AvgIpc) is 3.01. The van der Waals surface area contributed by atoms with Gasteiger partial charge in [0.05, 0.1) is 6.04 Å². The molecule has 0 spiro atoms. The second-order valence-electron chi connectivity index (χ2n) is 4.75. The lowest BCUT2D eigenvalue weighted by Crippen LogP contribution is -2.42. The lowest BCUT2D eigenvalue weighted by Gasteiger charge is -2.35. The highest BCUT2D eigenvalue weighted by atomic mass is 32.1. The Morgan fingerprint density at radius 3 is 2.94 bits per heavy atom. The molecule has 0 unspecified atom stereocenters. The third kappa shape index (κ3) is 2.01. The van der Waals surface area contributed by atoms with E-state index in [0.29, 0.717) is 6.04 Å². The largest absolute Gasteiger partial charge is 0.317 e. The van der Waals surface area contributed by atoms with Gasteiger partial charge >= 0.3 is 0 Å². The number of nitrogens with zero attached hydrogens (tertiary/aromatic N) is 2. The molecule has 1 atom stereocenters. The molecule has 1 N–H and O–H groups in total. The summed E-state index contributed by atoms with van der Waals surface area (Å²) >= 11 is 1.82. The van der Waals surface area contributed by atoms with Crippen molar-refractivity contribution in [1.29, 1.82) is 0 Å². The van der Waals surface area contributed by atoms with Crippen LogP contribution in [0.4, 0.5) is 0 Å². The maximum Gasteiger partial charge on any atom is 0.110 e. The van der Waals surface area contributed by atoms with Crippen LogP contribution in [0, 0.1) is 0 Å². The summed E-state index contributed by atoms with van der Waals surface area (Å²) in [7, 11) is 0. The van der Waals surface area contributed by atoms with E-state index in [4.69, 9.17) is 0 Å². The van der Waals surface area contributed by atoms with Crippen LogP contribution in [0.15, 0.2) is 11.6 Å². The molecule has 0 amide bonds. The van der Waals surface area contributed by atoms with Crippen molar-refractivity contribution in [3.05, 3.63) is 16.6 Å². The van der Waals surface area contributed by atoms with E-state index in [1.54, 1.807) is 0 Å². The van der Waals surface area contributed by atoms with E-state index in [0.717, 1.165) is 6.04 Å². The molecule has 3 rings (SSSR count). The fraction of sp³-hybridized carbons (Fsp3) is 0.750. The first-order chi connectivity index (χ1) is 7.95. The number of hydrogen-bond acceptors (Lipinski definition) is 4. The van der Waals surface area contributed by atoms with E-state index in [1.165, 1.54) is 50.3 Å². The summed E-state index contributed by atoms with van der Waals surface area (Å²) in [5, 5.41) is 6.88. The minimum Gasteiger partial charge on any atom is -0.317 e. The van der Waals surface area contributed by atoms with Crippen molar-refractivity contribution in [2.45, 2.75) is 37.8 Å². The fourth-order valence-corrected chi connectivity index (χ4v) is 3.82. The van der Waals surface area contributed by atoms with Gasteiger partial charge in [-0.05, 0) is 45.3 Å². The first-order valence-corrected chi connectivity index (χ1v) is 7.19. The predicted molar refractivity (Wildman–Crippen MR) is 66.7 cm³/mol. The van der Waals surface area contributed by atoms with Crippen molar-refractivity contribution in [3.63, 3.8) is 0 Å². The Hall–Kier alpha value is -0.450. The zero-order chi connectivity index (χ0) is 10.8. The normalized spacial score (nSPS) is 28.6. The van der Waals surface area contributed by atoms with Crippen LogP contribution in [-0.2, 0) is 0 Å². The van der Waals surface area contributed by atoms with Crippen LogP contribution in [0.3, 0.4) is 0 Å². The van der Waals surface area contributed by atoms with Crippen molar-refractivity contribution >= 4 is 11.3 Å².